The lowest BCUT2D eigenvalue weighted by molar-refractivity contribution is -0.0276. The van der Waals surface area contributed by atoms with Crippen LogP contribution in [-0.2, 0) is 21.3 Å². The molecule has 0 saturated carbocycles. The minimum absolute atomic E-state index is 0.167. The molecule has 27 heavy (non-hydrogen) atoms. The van der Waals surface area contributed by atoms with Crippen LogP contribution in [0.1, 0.15) is 12.5 Å². The van der Waals surface area contributed by atoms with Crippen molar-refractivity contribution < 1.29 is 17.9 Å². The summed E-state index contributed by atoms with van der Waals surface area (Å²) in [5.41, 5.74) is 1.24. The van der Waals surface area contributed by atoms with Gasteiger partial charge in [-0.1, -0.05) is 30.3 Å². The van der Waals surface area contributed by atoms with E-state index in [1.807, 2.05) is 25.1 Å². The fourth-order valence-corrected chi connectivity index (χ4v) is 4.12. The molecule has 1 heterocycles. The van der Waals surface area contributed by atoms with Crippen molar-refractivity contribution in [3.05, 3.63) is 60.2 Å². The number of hydrogen-bond acceptors (Lipinski definition) is 5. The van der Waals surface area contributed by atoms with Crippen LogP contribution in [0.15, 0.2) is 59.5 Å². The van der Waals surface area contributed by atoms with Crippen molar-refractivity contribution in [3.8, 4) is 5.75 Å². The van der Waals surface area contributed by atoms with Gasteiger partial charge in [-0.05, 0) is 36.8 Å². The van der Waals surface area contributed by atoms with Crippen LogP contribution in [-0.4, -0.2) is 52.3 Å². The van der Waals surface area contributed by atoms with Gasteiger partial charge in [0.05, 0.1) is 24.2 Å². The molecule has 0 aromatic heterocycles. The molecule has 0 bridgehead atoms. The number of nitrogens with one attached hydrogen (secondary N) is 1. The van der Waals surface area contributed by atoms with Gasteiger partial charge in [-0.2, -0.15) is 0 Å². The SMILES string of the molecule is CCOc1ccc(S(=O)(=O)NCC2CN(Cc3ccccc3)CCO2)cc1. The fraction of sp³-hybridized carbons (Fsp3) is 0.400. The predicted octanol–water partition coefficient (Wildman–Crippen LogP) is 2.26. The minimum atomic E-state index is -3.57. The maximum Gasteiger partial charge on any atom is 0.240 e. The lowest BCUT2D eigenvalue weighted by atomic mass is 10.2. The summed E-state index contributed by atoms with van der Waals surface area (Å²) in [7, 11) is -3.57. The van der Waals surface area contributed by atoms with Crippen LogP contribution in [0.4, 0.5) is 0 Å². The molecule has 1 atom stereocenters. The molecule has 0 aliphatic carbocycles. The molecule has 1 fully saturated rings. The van der Waals surface area contributed by atoms with Crippen LogP contribution in [0, 0.1) is 0 Å². The molecule has 146 valence electrons. The summed E-state index contributed by atoms with van der Waals surface area (Å²) >= 11 is 0. The smallest absolute Gasteiger partial charge is 0.240 e. The van der Waals surface area contributed by atoms with Gasteiger partial charge in [0.1, 0.15) is 5.75 Å². The first-order valence-corrected chi connectivity index (χ1v) is 10.7. The monoisotopic (exact) mass is 390 g/mol. The van der Waals surface area contributed by atoms with Crippen molar-refractivity contribution in [1.82, 2.24) is 9.62 Å². The quantitative estimate of drug-likeness (QED) is 0.749. The summed E-state index contributed by atoms with van der Waals surface area (Å²) in [6.07, 6.45) is -0.167. The maximum atomic E-state index is 12.5. The van der Waals surface area contributed by atoms with Crippen LogP contribution < -0.4 is 9.46 Å². The predicted molar refractivity (Wildman–Crippen MR) is 104 cm³/mol. The zero-order valence-corrected chi connectivity index (χ0v) is 16.3. The van der Waals surface area contributed by atoms with Gasteiger partial charge >= 0.3 is 0 Å². The zero-order valence-electron chi connectivity index (χ0n) is 15.5. The standard InChI is InChI=1S/C20H26N2O4S/c1-2-25-18-8-10-20(11-9-18)27(23,24)21-14-19-16-22(12-13-26-19)15-17-6-4-3-5-7-17/h3-11,19,21H,2,12-16H2,1H3. The van der Waals surface area contributed by atoms with Crippen LogP contribution >= 0.6 is 0 Å². The number of benzene rings is 2. The number of sulfonamides is 1. The molecular formula is C20H26N2O4S. The van der Waals surface area contributed by atoms with Gasteiger partial charge in [-0.15, -0.1) is 0 Å². The van der Waals surface area contributed by atoms with Crippen LogP contribution in [0.2, 0.25) is 0 Å². The Labute approximate surface area is 161 Å². The maximum absolute atomic E-state index is 12.5. The highest BCUT2D eigenvalue weighted by Gasteiger charge is 2.23. The Balaban J connectivity index is 1.53. The van der Waals surface area contributed by atoms with Crippen molar-refractivity contribution >= 4 is 10.0 Å². The molecule has 2 aromatic carbocycles. The highest BCUT2D eigenvalue weighted by atomic mass is 32.2. The molecule has 1 unspecified atom stereocenters. The van der Waals surface area contributed by atoms with E-state index >= 15 is 0 Å². The van der Waals surface area contributed by atoms with E-state index in [0.29, 0.717) is 25.5 Å². The Morgan fingerprint density at radius 2 is 1.89 bits per heavy atom. The highest BCUT2D eigenvalue weighted by molar-refractivity contribution is 7.89. The van der Waals surface area contributed by atoms with Gasteiger partial charge in [-0.25, -0.2) is 13.1 Å². The van der Waals surface area contributed by atoms with Crippen LogP contribution in [0.25, 0.3) is 0 Å². The van der Waals surface area contributed by atoms with Crippen molar-refractivity contribution in [2.75, 3.05) is 32.8 Å². The Kier molecular flexibility index (Phi) is 6.84. The van der Waals surface area contributed by atoms with Gasteiger partial charge in [0.25, 0.3) is 0 Å². The van der Waals surface area contributed by atoms with Crippen molar-refractivity contribution in [3.63, 3.8) is 0 Å². The number of ether oxygens (including phenoxy) is 2. The molecule has 3 rings (SSSR count). The normalized spacial score (nSPS) is 18.3. The van der Waals surface area contributed by atoms with Crippen LogP contribution in [0.3, 0.4) is 0 Å². The van der Waals surface area contributed by atoms with Gasteiger partial charge in [0, 0.05) is 26.2 Å². The largest absolute Gasteiger partial charge is 0.494 e. The van der Waals surface area contributed by atoms with E-state index in [1.54, 1.807) is 24.3 Å². The lowest BCUT2D eigenvalue weighted by Crippen LogP contribution is -2.47. The Morgan fingerprint density at radius 3 is 2.59 bits per heavy atom. The average Bonchev–Trinajstić information content (AvgIpc) is 2.68. The Morgan fingerprint density at radius 1 is 1.15 bits per heavy atom. The molecule has 0 spiro atoms. The first-order chi connectivity index (χ1) is 13.1. The summed E-state index contributed by atoms with van der Waals surface area (Å²) in [6.45, 7) is 5.66. The van der Waals surface area contributed by atoms with Gasteiger partial charge < -0.3 is 9.47 Å². The van der Waals surface area contributed by atoms with E-state index in [-0.39, 0.29) is 17.5 Å². The first-order valence-electron chi connectivity index (χ1n) is 9.17. The molecule has 6 nitrogen and oxygen atoms in total. The number of rotatable bonds is 8. The second-order valence-corrected chi connectivity index (χ2v) is 8.24. The van der Waals surface area contributed by atoms with Gasteiger partial charge in [-0.3, -0.25) is 4.90 Å². The molecule has 0 radical (unpaired) electrons. The van der Waals surface area contributed by atoms with Gasteiger partial charge in [0.15, 0.2) is 0 Å². The van der Waals surface area contributed by atoms with E-state index in [0.717, 1.165) is 13.1 Å². The minimum Gasteiger partial charge on any atom is -0.494 e. The summed E-state index contributed by atoms with van der Waals surface area (Å²) in [5, 5.41) is 0. The van der Waals surface area contributed by atoms with E-state index < -0.39 is 10.0 Å². The number of nitrogens with zero attached hydrogens (tertiary/aromatic N) is 1. The molecule has 1 N–H and O–H groups in total. The molecule has 7 heteroatoms. The third-order valence-electron chi connectivity index (χ3n) is 4.42. The Bertz CT molecular complexity index is 810. The summed E-state index contributed by atoms with van der Waals surface area (Å²) in [4.78, 5) is 2.51. The zero-order chi connectivity index (χ0) is 19.1. The summed E-state index contributed by atoms with van der Waals surface area (Å²) in [5.74, 6) is 0.656. The van der Waals surface area contributed by atoms with Gasteiger partial charge in [0.2, 0.25) is 10.0 Å². The average molecular weight is 391 g/mol. The molecular weight excluding hydrogens is 364 g/mol. The second-order valence-electron chi connectivity index (χ2n) is 6.47. The molecule has 1 aliphatic rings. The van der Waals surface area contributed by atoms with E-state index in [2.05, 4.69) is 21.8 Å². The van der Waals surface area contributed by atoms with Crippen LogP contribution in [0.5, 0.6) is 5.75 Å². The topological polar surface area (TPSA) is 67.9 Å². The van der Waals surface area contributed by atoms with E-state index in [4.69, 9.17) is 9.47 Å². The summed E-state index contributed by atoms with van der Waals surface area (Å²) < 4.78 is 38.7. The fourth-order valence-electron chi connectivity index (χ4n) is 3.06. The molecule has 2 aromatic rings. The number of morpholine rings is 1. The van der Waals surface area contributed by atoms with Crippen molar-refractivity contribution in [2.24, 2.45) is 0 Å². The van der Waals surface area contributed by atoms with E-state index in [9.17, 15) is 8.42 Å². The first kappa shape index (κ1) is 19.8. The van der Waals surface area contributed by atoms with Crippen molar-refractivity contribution in [2.45, 2.75) is 24.5 Å². The lowest BCUT2D eigenvalue weighted by Gasteiger charge is -2.33. The molecule has 0 amide bonds. The third-order valence-corrected chi connectivity index (χ3v) is 5.86. The summed E-state index contributed by atoms with van der Waals surface area (Å²) in [6, 6.07) is 16.7. The van der Waals surface area contributed by atoms with Crippen molar-refractivity contribution in [1.29, 1.82) is 0 Å². The number of hydrogen-bond donors (Lipinski definition) is 1. The molecule has 1 saturated heterocycles. The molecule has 1 aliphatic heterocycles. The Hall–Kier alpha value is -1.93. The van der Waals surface area contributed by atoms with E-state index in [1.165, 1.54) is 5.56 Å². The third kappa shape index (κ3) is 5.77. The second kappa shape index (κ2) is 9.32. The highest BCUT2D eigenvalue weighted by Crippen LogP contribution is 2.16.